The zero-order chi connectivity index (χ0) is 14.1. The molecule has 19 heavy (non-hydrogen) atoms. The molecular weight excluding hydrogens is 242 g/mol. The molecule has 1 rings (SSSR count). The average molecular weight is 267 g/mol. The van der Waals surface area contributed by atoms with E-state index in [1.807, 2.05) is 6.20 Å². The number of rotatable bonds is 9. The third-order valence-corrected chi connectivity index (χ3v) is 2.97. The molecule has 0 aromatic carbocycles. The van der Waals surface area contributed by atoms with Crippen molar-refractivity contribution in [3.8, 4) is 0 Å². The van der Waals surface area contributed by atoms with Crippen LogP contribution in [0.2, 0.25) is 0 Å². The number of carbonyl (C=O) groups excluding carboxylic acids is 1. The summed E-state index contributed by atoms with van der Waals surface area (Å²) < 4.78 is 1.76. The Labute approximate surface area is 114 Å². The first kappa shape index (κ1) is 15.6. The number of aryl methyl sites for hydroxylation is 1. The lowest BCUT2D eigenvalue weighted by molar-refractivity contribution is -0.122. The highest BCUT2D eigenvalue weighted by Crippen LogP contribution is 2.13. The van der Waals surface area contributed by atoms with Gasteiger partial charge in [-0.3, -0.25) is 9.48 Å². The maximum Gasteiger partial charge on any atom is 0.220 e. The molecule has 6 heteroatoms. The number of nitrogens with zero attached hydrogens (tertiary/aromatic N) is 3. The highest BCUT2D eigenvalue weighted by atomic mass is 16.1. The lowest BCUT2D eigenvalue weighted by Crippen LogP contribution is -2.30. The van der Waals surface area contributed by atoms with Crippen LogP contribution in [0.15, 0.2) is 12.4 Å². The third-order valence-electron chi connectivity index (χ3n) is 2.97. The van der Waals surface area contributed by atoms with E-state index in [0.29, 0.717) is 25.4 Å². The fourth-order valence-corrected chi connectivity index (χ4v) is 2.08. The van der Waals surface area contributed by atoms with E-state index in [1.54, 1.807) is 10.9 Å². The minimum atomic E-state index is 0.0923. The van der Waals surface area contributed by atoms with Gasteiger partial charge in [-0.05, 0) is 31.2 Å². The molecule has 1 unspecified atom stereocenters. The molecule has 1 heterocycles. The van der Waals surface area contributed by atoms with Gasteiger partial charge in [0.25, 0.3) is 0 Å². The molecule has 0 aliphatic heterocycles. The second-order valence-corrected chi connectivity index (χ2v) is 5.31. The monoisotopic (exact) mass is 267 g/mol. The largest absolute Gasteiger partial charge is 0.356 e. The molecule has 0 fully saturated rings. The number of amides is 1. The summed E-state index contributed by atoms with van der Waals surface area (Å²) in [5.74, 6) is 0.957. The fourth-order valence-electron chi connectivity index (χ4n) is 2.08. The zero-order valence-corrected chi connectivity index (χ0v) is 11.9. The maximum atomic E-state index is 11.8. The summed E-state index contributed by atoms with van der Waals surface area (Å²) in [6.07, 6.45) is 5.85. The Balaban J connectivity index is 2.12. The van der Waals surface area contributed by atoms with Gasteiger partial charge in [-0.2, -0.15) is 0 Å². The SMILES string of the molecule is CC(C)CC(CN)CC(=O)NCCCn1ccnn1. The van der Waals surface area contributed by atoms with Gasteiger partial charge in [-0.25, -0.2) is 0 Å². The predicted molar refractivity (Wildman–Crippen MR) is 74.3 cm³/mol. The van der Waals surface area contributed by atoms with Crippen LogP contribution in [0.4, 0.5) is 0 Å². The van der Waals surface area contributed by atoms with Crippen molar-refractivity contribution in [1.29, 1.82) is 0 Å². The average Bonchev–Trinajstić information content (AvgIpc) is 2.86. The Morgan fingerprint density at radius 2 is 2.26 bits per heavy atom. The van der Waals surface area contributed by atoms with Crippen molar-refractivity contribution < 1.29 is 4.79 Å². The number of aromatic nitrogens is 3. The van der Waals surface area contributed by atoms with E-state index in [4.69, 9.17) is 5.73 Å². The summed E-state index contributed by atoms with van der Waals surface area (Å²) in [4.78, 5) is 11.8. The first-order valence-corrected chi connectivity index (χ1v) is 6.92. The van der Waals surface area contributed by atoms with Crippen LogP contribution in [0, 0.1) is 11.8 Å². The van der Waals surface area contributed by atoms with Crippen molar-refractivity contribution in [2.24, 2.45) is 17.6 Å². The van der Waals surface area contributed by atoms with Crippen molar-refractivity contribution in [1.82, 2.24) is 20.3 Å². The van der Waals surface area contributed by atoms with Crippen molar-refractivity contribution >= 4 is 5.91 Å². The van der Waals surface area contributed by atoms with Gasteiger partial charge in [-0.15, -0.1) is 5.10 Å². The standard InChI is InChI=1S/C13H25N5O/c1-11(2)8-12(10-14)9-13(19)15-4-3-6-18-7-5-16-17-18/h5,7,11-12H,3-4,6,8-10,14H2,1-2H3,(H,15,19). The summed E-state index contributed by atoms with van der Waals surface area (Å²) in [6.45, 7) is 6.31. The van der Waals surface area contributed by atoms with Crippen LogP contribution in [0.1, 0.15) is 33.1 Å². The number of hydrogen-bond acceptors (Lipinski definition) is 4. The minimum absolute atomic E-state index is 0.0923. The van der Waals surface area contributed by atoms with Gasteiger partial charge < -0.3 is 11.1 Å². The molecule has 1 aromatic rings. The molecule has 0 bridgehead atoms. The molecule has 0 aliphatic carbocycles. The van der Waals surface area contributed by atoms with Gasteiger partial charge in [0.2, 0.25) is 5.91 Å². The second-order valence-electron chi connectivity index (χ2n) is 5.31. The summed E-state index contributed by atoms with van der Waals surface area (Å²) >= 11 is 0. The van der Waals surface area contributed by atoms with E-state index in [9.17, 15) is 4.79 Å². The Morgan fingerprint density at radius 3 is 2.84 bits per heavy atom. The van der Waals surface area contributed by atoms with Gasteiger partial charge in [0.05, 0.1) is 6.20 Å². The second kappa shape index (κ2) is 8.63. The molecule has 1 aromatic heterocycles. The van der Waals surface area contributed by atoms with Crippen LogP contribution >= 0.6 is 0 Å². The predicted octanol–water partition coefficient (Wildman–Crippen LogP) is 0.796. The van der Waals surface area contributed by atoms with Crippen molar-refractivity contribution in [2.75, 3.05) is 13.1 Å². The van der Waals surface area contributed by atoms with Gasteiger partial charge in [0.15, 0.2) is 0 Å². The Hall–Kier alpha value is -1.43. The van der Waals surface area contributed by atoms with E-state index in [2.05, 4.69) is 29.5 Å². The molecule has 3 N–H and O–H groups in total. The van der Waals surface area contributed by atoms with Crippen LogP contribution in [0.25, 0.3) is 0 Å². The molecular formula is C13H25N5O. The zero-order valence-electron chi connectivity index (χ0n) is 11.9. The normalized spacial score (nSPS) is 12.6. The molecule has 6 nitrogen and oxygen atoms in total. The Morgan fingerprint density at radius 1 is 1.47 bits per heavy atom. The van der Waals surface area contributed by atoms with Gasteiger partial charge >= 0.3 is 0 Å². The van der Waals surface area contributed by atoms with Crippen molar-refractivity contribution in [3.05, 3.63) is 12.4 Å². The molecule has 1 atom stereocenters. The smallest absolute Gasteiger partial charge is 0.220 e. The summed E-state index contributed by atoms with van der Waals surface area (Å²) in [6, 6.07) is 0. The number of nitrogens with two attached hydrogens (primary N) is 1. The Bertz CT molecular complexity index is 350. The van der Waals surface area contributed by atoms with Gasteiger partial charge in [-0.1, -0.05) is 19.1 Å². The summed E-state index contributed by atoms with van der Waals surface area (Å²) in [7, 11) is 0. The maximum absolute atomic E-state index is 11.8. The highest BCUT2D eigenvalue weighted by molar-refractivity contribution is 5.76. The van der Waals surface area contributed by atoms with Crippen LogP contribution < -0.4 is 11.1 Å². The molecule has 0 saturated heterocycles. The number of nitrogens with one attached hydrogen (secondary N) is 1. The van der Waals surface area contributed by atoms with Gasteiger partial charge in [0, 0.05) is 25.7 Å². The topological polar surface area (TPSA) is 85.8 Å². The third kappa shape index (κ3) is 6.91. The van der Waals surface area contributed by atoms with E-state index in [0.717, 1.165) is 19.4 Å². The summed E-state index contributed by atoms with van der Waals surface area (Å²) in [5, 5.41) is 10.5. The molecule has 0 spiro atoms. The van der Waals surface area contributed by atoms with E-state index in [-0.39, 0.29) is 11.8 Å². The van der Waals surface area contributed by atoms with Crippen LogP contribution in [0.3, 0.4) is 0 Å². The minimum Gasteiger partial charge on any atom is -0.356 e. The quantitative estimate of drug-likeness (QED) is 0.648. The van der Waals surface area contributed by atoms with Crippen molar-refractivity contribution in [2.45, 2.75) is 39.7 Å². The first-order valence-electron chi connectivity index (χ1n) is 6.92. The number of carbonyl (C=O) groups is 1. The van der Waals surface area contributed by atoms with Crippen LogP contribution in [0.5, 0.6) is 0 Å². The number of hydrogen-bond donors (Lipinski definition) is 2. The molecule has 0 saturated carbocycles. The molecule has 0 aliphatic rings. The Kier molecular flexibility index (Phi) is 7.10. The van der Waals surface area contributed by atoms with Crippen molar-refractivity contribution in [3.63, 3.8) is 0 Å². The van der Waals surface area contributed by atoms with E-state index >= 15 is 0 Å². The lowest BCUT2D eigenvalue weighted by Gasteiger charge is -2.16. The van der Waals surface area contributed by atoms with E-state index in [1.165, 1.54) is 0 Å². The molecule has 108 valence electrons. The lowest BCUT2D eigenvalue weighted by atomic mass is 9.94. The molecule has 0 radical (unpaired) electrons. The fraction of sp³-hybridized carbons (Fsp3) is 0.769. The highest BCUT2D eigenvalue weighted by Gasteiger charge is 2.13. The summed E-state index contributed by atoms with van der Waals surface area (Å²) in [5.41, 5.74) is 5.69. The first-order chi connectivity index (χ1) is 9.11. The van der Waals surface area contributed by atoms with Crippen LogP contribution in [-0.2, 0) is 11.3 Å². The van der Waals surface area contributed by atoms with Gasteiger partial charge in [0.1, 0.15) is 0 Å². The van der Waals surface area contributed by atoms with E-state index < -0.39 is 0 Å². The molecule has 1 amide bonds. The van der Waals surface area contributed by atoms with Crippen LogP contribution in [-0.4, -0.2) is 34.0 Å².